The number of nitrogens with zero attached hydrogens (tertiary/aromatic N) is 1. The molecule has 1 fully saturated rings. The molecule has 1 aliphatic rings. The van der Waals surface area contributed by atoms with Gasteiger partial charge in [0, 0.05) is 22.2 Å². The summed E-state index contributed by atoms with van der Waals surface area (Å²) < 4.78 is 0. The summed E-state index contributed by atoms with van der Waals surface area (Å²) in [5.74, 6) is -1.74. The van der Waals surface area contributed by atoms with Gasteiger partial charge < -0.3 is 25.0 Å². The molecule has 2 unspecified atom stereocenters. The van der Waals surface area contributed by atoms with Gasteiger partial charge in [0.25, 0.3) is 0 Å². The first kappa shape index (κ1) is 27.5. The second-order valence-electron chi connectivity index (χ2n) is 8.78. The highest BCUT2D eigenvalue weighted by Crippen LogP contribution is 2.29. The van der Waals surface area contributed by atoms with Gasteiger partial charge >= 0.3 is 5.97 Å². The summed E-state index contributed by atoms with van der Waals surface area (Å²) in [6.45, 7) is 5.43. The Morgan fingerprint density at radius 2 is 2.00 bits per heavy atom. The third kappa shape index (κ3) is 7.11. The molecule has 9 nitrogen and oxygen atoms in total. The van der Waals surface area contributed by atoms with E-state index < -0.39 is 42.5 Å². The van der Waals surface area contributed by atoms with E-state index >= 15 is 0 Å². The van der Waals surface area contributed by atoms with Crippen LogP contribution >= 0.6 is 23.2 Å². The van der Waals surface area contributed by atoms with E-state index in [0.717, 1.165) is 0 Å². The van der Waals surface area contributed by atoms with Gasteiger partial charge in [-0.25, -0.2) is 0 Å². The minimum atomic E-state index is -1.70. The average Bonchev–Trinajstić information content (AvgIpc) is 3.21. The van der Waals surface area contributed by atoms with E-state index in [2.05, 4.69) is 10.6 Å². The number of nitrogens with one attached hydrogen (secondary N) is 2. The standard InChI is InChI=1S/C22H31Cl2N3O6/c1-12(2)19(25-20(31)15-7-6-13(23)9-16(15)24)21(32)27-8-4-5-17(27)22(3,33)26-14(11-28)10-18(29)30/h6-7,9,11-12,14,17,19-20,25-26,31,33H,4-5,8,10H2,1-3H3,(H,29,30)/t14-,17-,19-,20?,22?/m0/s1. The summed E-state index contributed by atoms with van der Waals surface area (Å²) in [6, 6.07) is 2.04. The van der Waals surface area contributed by atoms with Crippen LogP contribution in [-0.2, 0) is 14.4 Å². The number of amides is 1. The number of carboxylic acids is 1. The third-order valence-corrected chi connectivity index (χ3v) is 6.31. The van der Waals surface area contributed by atoms with Crippen molar-refractivity contribution < 1.29 is 29.7 Å². The minimum Gasteiger partial charge on any atom is -0.481 e. The van der Waals surface area contributed by atoms with Crippen molar-refractivity contribution in [3.8, 4) is 0 Å². The van der Waals surface area contributed by atoms with Crippen molar-refractivity contribution in [2.45, 2.75) is 70.1 Å². The fourth-order valence-electron chi connectivity index (χ4n) is 4.12. The van der Waals surface area contributed by atoms with Crippen LogP contribution in [0.3, 0.4) is 0 Å². The quantitative estimate of drug-likeness (QED) is 0.228. The molecule has 0 spiro atoms. The number of carboxylic acid groups (broad SMARTS) is 1. The molecule has 11 heteroatoms. The van der Waals surface area contributed by atoms with Crippen molar-refractivity contribution in [1.29, 1.82) is 0 Å². The van der Waals surface area contributed by atoms with Crippen LogP contribution in [0, 0.1) is 5.92 Å². The molecule has 5 N–H and O–H groups in total. The van der Waals surface area contributed by atoms with Gasteiger partial charge in [-0.1, -0.05) is 43.1 Å². The Kier molecular flexibility index (Phi) is 9.66. The number of benzene rings is 1. The first-order valence-corrected chi connectivity index (χ1v) is 11.5. The molecule has 1 aliphatic heterocycles. The average molecular weight is 504 g/mol. The maximum atomic E-state index is 13.5. The summed E-state index contributed by atoms with van der Waals surface area (Å²) in [5.41, 5.74) is -1.33. The number of hydrogen-bond acceptors (Lipinski definition) is 7. The van der Waals surface area contributed by atoms with Crippen LogP contribution in [0.25, 0.3) is 0 Å². The second kappa shape index (κ2) is 11.6. The van der Waals surface area contributed by atoms with Crippen molar-refractivity contribution in [3.05, 3.63) is 33.8 Å². The van der Waals surface area contributed by atoms with E-state index in [-0.39, 0.29) is 16.8 Å². The van der Waals surface area contributed by atoms with Gasteiger partial charge in [-0.15, -0.1) is 0 Å². The lowest BCUT2D eigenvalue weighted by molar-refractivity contribution is -0.146. The second-order valence-corrected chi connectivity index (χ2v) is 9.62. The molecule has 0 saturated carbocycles. The van der Waals surface area contributed by atoms with Gasteiger partial charge in [-0.05, 0) is 37.8 Å². The number of hydrogen-bond donors (Lipinski definition) is 5. The number of halogens is 2. The molecule has 0 aromatic heterocycles. The molecule has 0 radical (unpaired) electrons. The fourth-order valence-corrected chi connectivity index (χ4v) is 4.63. The summed E-state index contributed by atoms with van der Waals surface area (Å²) in [4.78, 5) is 37.2. The molecule has 1 amide bonds. The molecule has 1 saturated heterocycles. The first-order chi connectivity index (χ1) is 15.4. The minimum absolute atomic E-state index is 0.216. The summed E-state index contributed by atoms with van der Waals surface area (Å²) in [6.07, 6.45) is -0.226. The normalized spacial score (nSPS) is 20.8. The summed E-state index contributed by atoms with van der Waals surface area (Å²) >= 11 is 12.1. The van der Waals surface area contributed by atoms with Crippen LogP contribution in [0.5, 0.6) is 0 Å². The van der Waals surface area contributed by atoms with E-state index in [0.29, 0.717) is 36.3 Å². The number of rotatable bonds is 11. The molecule has 1 aromatic rings. The molecule has 33 heavy (non-hydrogen) atoms. The lowest BCUT2D eigenvalue weighted by atomic mass is 9.98. The lowest BCUT2D eigenvalue weighted by Crippen LogP contribution is -2.63. The van der Waals surface area contributed by atoms with E-state index in [1.807, 2.05) is 13.8 Å². The van der Waals surface area contributed by atoms with E-state index in [9.17, 15) is 24.6 Å². The van der Waals surface area contributed by atoms with Crippen LogP contribution in [0.4, 0.5) is 0 Å². The van der Waals surface area contributed by atoms with Crippen molar-refractivity contribution >= 4 is 41.4 Å². The van der Waals surface area contributed by atoms with Crippen LogP contribution in [0.15, 0.2) is 18.2 Å². The highest BCUT2D eigenvalue weighted by atomic mass is 35.5. The molecule has 0 bridgehead atoms. The van der Waals surface area contributed by atoms with Crippen LogP contribution in [0.1, 0.15) is 51.8 Å². The highest BCUT2D eigenvalue weighted by Gasteiger charge is 2.44. The molecule has 5 atom stereocenters. The van der Waals surface area contributed by atoms with E-state index in [1.165, 1.54) is 17.9 Å². The third-order valence-electron chi connectivity index (χ3n) is 5.75. The van der Waals surface area contributed by atoms with Gasteiger partial charge in [0.15, 0.2) is 0 Å². The number of carbonyl (C=O) groups excluding carboxylic acids is 2. The smallest absolute Gasteiger partial charge is 0.305 e. The monoisotopic (exact) mass is 503 g/mol. The Bertz CT molecular complexity index is 867. The summed E-state index contributed by atoms with van der Waals surface area (Å²) in [5, 5.41) is 37.0. The largest absolute Gasteiger partial charge is 0.481 e. The van der Waals surface area contributed by atoms with E-state index in [1.54, 1.807) is 12.1 Å². The first-order valence-electron chi connectivity index (χ1n) is 10.7. The SMILES string of the molecule is CC(C)[C@H](NC(O)c1ccc(Cl)cc1Cl)C(=O)N1CCC[C@H]1C(C)(O)N[C@H](C=O)CC(=O)O. The van der Waals surface area contributed by atoms with Crippen molar-refractivity contribution in [2.75, 3.05) is 6.54 Å². The summed E-state index contributed by atoms with van der Waals surface area (Å²) in [7, 11) is 0. The Morgan fingerprint density at radius 3 is 2.55 bits per heavy atom. The van der Waals surface area contributed by atoms with Gasteiger partial charge in [-0.3, -0.25) is 20.2 Å². The number of likely N-dealkylation sites (tertiary alicyclic amines) is 1. The van der Waals surface area contributed by atoms with Crippen LogP contribution < -0.4 is 10.6 Å². The molecule has 184 valence electrons. The Labute approximate surface area is 203 Å². The van der Waals surface area contributed by atoms with Crippen LogP contribution in [0.2, 0.25) is 10.0 Å². The number of aliphatic hydroxyl groups is 2. The predicted molar refractivity (Wildman–Crippen MR) is 124 cm³/mol. The highest BCUT2D eigenvalue weighted by molar-refractivity contribution is 6.35. The zero-order valence-corrected chi connectivity index (χ0v) is 20.3. The molecule has 0 aliphatic carbocycles. The van der Waals surface area contributed by atoms with Crippen LogP contribution in [-0.4, -0.2) is 68.8 Å². The fraction of sp³-hybridized carbons (Fsp3) is 0.591. The molecule has 1 heterocycles. The van der Waals surface area contributed by atoms with Crippen molar-refractivity contribution in [1.82, 2.24) is 15.5 Å². The van der Waals surface area contributed by atoms with Gasteiger partial charge in [0.2, 0.25) is 5.91 Å². The van der Waals surface area contributed by atoms with Gasteiger partial charge in [0.1, 0.15) is 18.2 Å². The van der Waals surface area contributed by atoms with E-state index in [4.69, 9.17) is 28.3 Å². The Morgan fingerprint density at radius 1 is 1.33 bits per heavy atom. The number of aldehydes is 1. The van der Waals surface area contributed by atoms with Crippen molar-refractivity contribution in [3.63, 3.8) is 0 Å². The molecule has 1 aromatic carbocycles. The molecule has 2 rings (SSSR count). The molecular weight excluding hydrogens is 473 g/mol. The zero-order chi connectivity index (χ0) is 24.9. The topological polar surface area (TPSA) is 139 Å². The lowest BCUT2D eigenvalue weighted by Gasteiger charge is -2.40. The Hall–Kier alpha value is -1.75. The molecular formula is C22H31Cl2N3O6. The number of aliphatic carboxylic acids is 1. The van der Waals surface area contributed by atoms with Gasteiger partial charge in [-0.2, -0.15) is 0 Å². The van der Waals surface area contributed by atoms with Crippen molar-refractivity contribution in [2.24, 2.45) is 5.92 Å². The Balaban J connectivity index is 2.20. The zero-order valence-electron chi connectivity index (χ0n) is 18.8. The maximum absolute atomic E-state index is 13.5. The maximum Gasteiger partial charge on any atom is 0.305 e. The number of aliphatic hydroxyl groups excluding tert-OH is 1. The predicted octanol–water partition coefficient (Wildman–Crippen LogP) is 1.93. The van der Waals surface area contributed by atoms with Gasteiger partial charge in [0.05, 0.1) is 24.5 Å². The number of carbonyl (C=O) groups is 3.